The van der Waals surface area contributed by atoms with E-state index in [1.165, 1.54) is 17.2 Å². The number of fused-ring (bicyclic) bond motifs is 2. The summed E-state index contributed by atoms with van der Waals surface area (Å²) in [7, 11) is 0. The van der Waals surface area contributed by atoms with Gasteiger partial charge in [-0.25, -0.2) is 4.39 Å². The topological polar surface area (TPSA) is 29.1 Å². The Balaban J connectivity index is 1.46. The summed E-state index contributed by atoms with van der Waals surface area (Å²) in [5, 5.41) is 3.14. The first-order valence-corrected chi connectivity index (χ1v) is 9.49. The minimum absolute atomic E-state index is 0.0684. The van der Waals surface area contributed by atoms with Crippen molar-refractivity contribution in [1.29, 1.82) is 0 Å². The molecule has 0 aromatic heterocycles. The average molecular weight is 341 g/mol. The van der Waals surface area contributed by atoms with Crippen molar-refractivity contribution in [2.45, 2.75) is 42.5 Å². The van der Waals surface area contributed by atoms with Gasteiger partial charge in [0.2, 0.25) is 5.91 Å². The smallest absolute Gasteiger partial charge is 0.221 e. The highest BCUT2D eigenvalue weighted by Crippen LogP contribution is 2.39. The van der Waals surface area contributed by atoms with Gasteiger partial charge in [0, 0.05) is 17.1 Å². The largest absolute Gasteiger partial charge is 0.349 e. The number of amides is 1. The quantitative estimate of drug-likeness (QED) is 0.884. The van der Waals surface area contributed by atoms with E-state index in [0.717, 1.165) is 30.6 Å². The molecule has 1 amide bonds. The lowest BCUT2D eigenvalue weighted by Crippen LogP contribution is -2.31. The minimum atomic E-state index is -0.179. The van der Waals surface area contributed by atoms with E-state index < -0.39 is 0 Å². The summed E-state index contributed by atoms with van der Waals surface area (Å²) >= 11 is 1.54. The zero-order valence-electron chi connectivity index (χ0n) is 13.4. The number of benzene rings is 2. The van der Waals surface area contributed by atoms with Crippen LogP contribution in [0.25, 0.3) is 0 Å². The summed E-state index contributed by atoms with van der Waals surface area (Å²) in [4.78, 5) is 13.3. The van der Waals surface area contributed by atoms with Gasteiger partial charge in [0.05, 0.1) is 6.04 Å². The Bertz CT molecular complexity index is 776. The second kappa shape index (κ2) is 6.60. The number of thioether (sulfide) groups is 1. The lowest BCUT2D eigenvalue weighted by atomic mass is 9.96. The summed E-state index contributed by atoms with van der Waals surface area (Å²) < 4.78 is 13.9. The molecule has 0 radical (unpaired) electrons. The van der Waals surface area contributed by atoms with E-state index in [2.05, 4.69) is 23.5 Å². The Kier molecular flexibility index (Phi) is 4.31. The van der Waals surface area contributed by atoms with Gasteiger partial charge in [-0.2, -0.15) is 0 Å². The Morgan fingerprint density at radius 2 is 1.96 bits per heavy atom. The van der Waals surface area contributed by atoms with Crippen LogP contribution in [0.2, 0.25) is 0 Å². The fourth-order valence-corrected chi connectivity index (χ4v) is 5.01. The van der Waals surface area contributed by atoms with E-state index in [1.807, 2.05) is 12.1 Å². The molecule has 2 aromatic rings. The van der Waals surface area contributed by atoms with Crippen LogP contribution in [0, 0.1) is 5.82 Å². The molecule has 1 N–H and O–H groups in total. The second-order valence-corrected chi connectivity index (χ2v) is 7.66. The van der Waals surface area contributed by atoms with Crippen LogP contribution in [0.1, 0.15) is 47.9 Å². The number of aryl methyl sites for hydroxylation is 1. The predicted octanol–water partition coefficient (Wildman–Crippen LogP) is 4.60. The van der Waals surface area contributed by atoms with Crippen molar-refractivity contribution in [1.82, 2.24) is 5.32 Å². The van der Waals surface area contributed by atoms with Gasteiger partial charge < -0.3 is 5.32 Å². The molecule has 4 rings (SSSR count). The first-order chi connectivity index (χ1) is 11.7. The monoisotopic (exact) mass is 341 g/mol. The van der Waals surface area contributed by atoms with Crippen molar-refractivity contribution in [2.75, 3.05) is 5.75 Å². The Hall–Kier alpha value is -1.81. The van der Waals surface area contributed by atoms with Crippen molar-refractivity contribution < 1.29 is 9.18 Å². The molecular weight excluding hydrogens is 321 g/mol. The van der Waals surface area contributed by atoms with Crippen molar-refractivity contribution >= 4 is 17.7 Å². The predicted molar refractivity (Wildman–Crippen MR) is 94.7 cm³/mol. The zero-order chi connectivity index (χ0) is 16.5. The number of nitrogens with one attached hydrogen (secondary N) is 1. The SMILES string of the molecule is O=C(CC1CCc2ccccc21)NC1CCSc2c(F)cccc21. The Morgan fingerprint density at radius 3 is 2.88 bits per heavy atom. The van der Waals surface area contributed by atoms with Crippen molar-refractivity contribution in [3.05, 3.63) is 65.0 Å². The Labute approximate surface area is 145 Å². The lowest BCUT2D eigenvalue weighted by molar-refractivity contribution is -0.122. The Morgan fingerprint density at radius 1 is 1.12 bits per heavy atom. The van der Waals surface area contributed by atoms with Crippen LogP contribution < -0.4 is 5.32 Å². The number of carbonyl (C=O) groups is 1. The maximum absolute atomic E-state index is 13.9. The van der Waals surface area contributed by atoms with E-state index in [4.69, 9.17) is 0 Å². The maximum Gasteiger partial charge on any atom is 0.221 e. The first kappa shape index (κ1) is 15.7. The third kappa shape index (κ3) is 2.95. The van der Waals surface area contributed by atoms with Gasteiger partial charge in [-0.1, -0.05) is 36.4 Å². The van der Waals surface area contributed by atoms with Gasteiger partial charge in [-0.05, 0) is 47.9 Å². The number of hydrogen-bond donors (Lipinski definition) is 1. The van der Waals surface area contributed by atoms with E-state index >= 15 is 0 Å². The van der Waals surface area contributed by atoms with Crippen molar-refractivity contribution in [2.24, 2.45) is 0 Å². The standard InChI is InChI=1S/C20H20FNOS/c21-17-7-3-6-16-18(10-11-24-20(16)17)22-19(23)12-14-9-8-13-4-1-2-5-15(13)14/h1-7,14,18H,8-12H2,(H,22,23). The van der Waals surface area contributed by atoms with E-state index in [9.17, 15) is 9.18 Å². The van der Waals surface area contributed by atoms with Gasteiger partial charge in [0.1, 0.15) is 5.82 Å². The van der Waals surface area contributed by atoms with Gasteiger partial charge in [-0.15, -0.1) is 11.8 Å². The molecule has 1 heterocycles. The third-order valence-corrected chi connectivity index (χ3v) is 6.21. The molecule has 24 heavy (non-hydrogen) atoms. The second-order valence-electron chi connectivity index (χ2n) is 6.55. The highest BCUT2D eigenvalue weighted by Gasteiger charge is 2.27. The van der Waals surface area contributed by atoms with Crippen molar-refractivity contribution in [3.8, 4) is 0 Å². The molecule has 1 aliphatic heterocycles. The molecule has 2 atom stereocenters. The highest BCUT2D eigenvalue weighted by molar-refractivity contribution is 7.99. The number of halogens is 1. The number of rotatable bonds is 3. The lowest BCUT2D eigenvalue weighted by Gasteiger charge is -2.26. The third-order valence-electron chi connectivity index (χ3n) is 5.05. The van der Waals surface area contributed by atoms with Crippen LogP contribution in [0.4, 0.5) is 4.39 Å². The normalized spacial score (nSPS) is 21.9. The van der Waals surface area contributed by atoms with Gasteiger partial charge >= 0.3 is 0 Å². The molecule has 0 fully saturated rings. The van der Waals surface area contributed by atoms with Gasteiger partial charge in [0.15, 0.2) is 0 Å². The summed E-state index contributed by atoms with van der Waals surface area (Å²) in [6, 6.07) is 13.5. The molecule has 2 unspecified atom stereocenters. The molecule has 124 valence electrons. The molecule has 4 heteroatoms. The number of hydrogen-bond acceptors (Lipinski definition) is 2. The molecular formula is C20H20FNOS. The van der Waals surface area contributed by atoms with Gasteiger partial charge in [0.25, 0.3) is 0 Å². The van der Waals surface area contributed by atoms with Crippen LogP contribution in [0.3, 0.4) is 0 Å². The highest BCUT2D eigenvalue weighted by atomic mass is 32.2. The van der Waals surface area contributed by atoms with E-state index in [1.54, 1.807) is 17.8 Å². The average Bonchev–Trinajstić information content (AvgIpc) is 2.99. The number of carbonyl (C=O) groups excluding carboxylic acids is 1. The zero-order valence-corrected chi connectivity index (χ0v) is 14.2. The van der Waals surface area contributed by atoms with Gasteiger partial charge in [-0.3, -0.25) is 4.79 Å². The molecule has 0 spiro atoms. The van der Waals surface area contributed by atoms with Crippen LogP contribution in [-0.4, -0.2) is 11.7 Å². The summed E-state index contributed by atoms with van der Waals surface area (Å²) in [6.07, 6.45) is 3.47. The fraction of sp³-hybridized carbons (Fsp3) is 0.350. The van der Waals surface area contributed by atoms with E-state index in [-0.39, 0.29) is 17.8 Å². The molecule has 0 bridgehead atoms. The molecule has 0 saturated carbocycles. The van der Waals surface area contributed by atoms with Crippen LogP contribution in [0.5, 0.6) is 0 Å². The molecule has 0 saturated heterocycles. The minimum Gasteiger partial charge on any atom is -0.349 e. The molecule has 2 aliphatic rings. The maximum atomic E-state index is 13.9. The summed E-state index contributed by atoms with van der Waals surface area (Å²) in [5.41, 5.74) is 3.61. The molecule has 2 nitrogen and oxygen atoms in total. The van der Waals surface area contributed by atoms with Crippen LogP contribution >= 0.6 is 11.8 Å². The van der Waals surface area contributed by atoms with Crippen LogP contribution in [-0.2, 0) is 11.2 Å². The first-order valence-electron chi connectivity index (χ1n) is 8.51. The van der Waals surface area contributed by atoms with Crippen LogP contribution in [0.15, 0.2) is 47.4 Å². The summed E-state index contributed by atoms with van der Waals surface area (Å²) in [6.45, 7) is 0. The molecule has 1 aliphatic carbocycles. The fourth-order valence-electron chi connectivity index (χ4n) is 3.87. The molecule has 2 aromatic carbocycles. The van der Waals surface area contributed by atoms with Crippen molar-refractivity contribution in [3.63, 3.8) is 0 Å². The summed E-state index contributed by atoms with van der Waals surface area (Å²) in [5.74, 6) is 1.04. The van der Waals surface area contributed by atoms with E-state index in [0.29, 0.717) is 17.2 Å².